The summed E-state index contributed by atoms with van der Waals surface area (Å²) in [6, 6.07) is 119. The van der Waals surface area contributed by atoms with Crippen molar-refractivity contribution in [2.45, 2.75) is 183 Å². The van der Waals surface area contributed by atoms with Crippen molar-refractivity contribution in [2.75, 3.05) is 9.80 Å². The average molecular weight is 1630 g/mol. The largest absolute Gasteiger partial charge is 0.311 e. The number of anilines is 6. The second-order valence-electron chi connectivity index (χ2n) is 43.1. The van der Waals surface area contributed by atoms with E-state index in [0.29, 0.717) is 0 Å². The molecular formula is C118H113BN6. The third-order valence-corrected chi connectivity index (χ3v) is 27.5. The van der Waals surface area contributed by atoms with E-state index in [1.54, 1.807) is 0 Å². The molecule has 2 aliphatic heterocycles. The van der Waals surface area contributed by atoms with Gasteiger partial charge in [0.15, 0.2) is 0 Å². The highest BCUT2D eigenvalue weighted by Crippen LogP contribution is 2.55. The lowest BCUT2D eigenvalue weighted by Gasteiger charge is -2.46. The van der Waals surface area contributed by atoms with Crippen LogP contribution in [-0.2, 0) is 37.9 Å². The number of nitrogens with zero attached hydrogens (tertiary/aromatic N) is 6. The Labute approximate surface area is 738 Å². The fourth-order valence-corrected chi connectivity index (χ4v) is 20.6. The first-order chi connectivity index (χ1) is 59.4. The van der Waals surface area contributed by atoms with E-state index in [9.17, 15) is 0 Å². The number of hydrogen-bond acceptors (Lipinski definition) is 2. The van der Waals surface area contributed by atoms with Crippen LogP contribution in [0.3, 0.4) is 0 Å². The summed E-state index contributed by atoms with van der Waals surface area (Å²) in [4.78, 5) is 5.52. The first kappa shape index (κ1) is 79.4. The van der Waals surface area contributed by atoms with Crippen LogP contribution in [0.1, 0.15) is 184 Å². The van der Waals surface area contributed by atoms with Gasteiger partial charge in [-0.2, -0.15) is 0 Å². The lowest BCUT2D eigenvalue weighted by molar-refractivity contribution is 0.568. The van der Waals surface area contributed by atoms with Crippen molar-refractivity contribution in [3.63, 3.8) is 0 Å². The Morgan fingerprint density at radius 3 is 0.760 bits per heavy atom. The van der Waals surface area contributed by atoms with Gasteiger partial charge in [0.1, 0.15) is 0 Å². The molecule has 6 nitrogen and oxygen atoms in total. The summed E-state index contributed by atoms with van der Waals surface area (Å²) in [6.45, 7) is 49.8. The molecule has 0 N–H and O–H groups in total. The topological polar surface area (TPSA) is 26.2 Å². The molecule has 6 heterocycles. The van der Waals surface area contributed by atoms with Crippen LogP contribution in [0.5, 0.6) is 0 Å². The molecule has 0 aliphatic carbocycles. The van der Waals surface area contributed by atoms with E-state index in [1.165, 1.54) is 165 Å². The highest BCUT2D eigenvalue weighted by atomic mass is 15.2. The number of hydrogen-bond donors (Lipinski definition) is 0. The van der Waals surface area contributed by atoms with E-state index >= 15 is 0 Å². The Hall–Kier alpha value is -12.8. The highest BCUT2D eigenvalue weighted by molar-refractivity contribution is 7.00. The molecule has 0 unspecified atom stereocenters. The maximum absolute atomic E-state index is 2.76. The average Bonchev–Trinajstić information content (AvgIpc) is 1.33. The Kier molecular flexibility index (Phi) is 17.7. The van der Waals surface area contributed by atoms with Crippen LogP contribution in [0.25, 0.3) is 132 Å². The standard InChI is InChI=1S/C118H113BN6/c1-112(2,3)74-48-58-101(93(66-74)72-60-76(114(7,8)9)64-77(61-72)115(10,11)12)124-103-70-83(122-99-46-34-30-42-87(99)91-54-52-89-85-40-28-32-44-97(85)120(108(89)110(91)122)81-36-24-22-25-37-81)50-56-95(103)119-96-57-51-84(123-100-47-35-31-43-88(100)92-55-53-90-86-41-29-33-45-98(86)121(109(90)111(92)123)82-38-26-23-27-39-82)71-104(96)125(106-69-80(118(19,20)21)68-105(124)107(106)119)102-59-49-75(113(4,5)6)67-94(102)73-62-78(116(13,14)15)65-79(63-73)117(16,17)18/h22-71H,1-21H3. The Morgan fingerprint density at radius 2 is 0.464 bits per heavy atom. The third kappa shape index (κ3) is 12.7. The van der Waals surface area contributed by atoms with Crippen LogP contribution < -0.4 is 26.2 Å². The minimum Gasteiger partial charge on any atom is -0.311 e. The lowest BCUT2D eigenvalue weighted by atomic mass is 9.33. The summed E-state index contributed by atoms with van der Waals surface area (Å²) in [7, 11) is 0. The molecule has 21 rings (SSSR count). The molecule has 0 spiro atoms. The summed E-state index contributed by atoms with van der Waals surface area (Å²) in [5.41, 5.74) is 36.9. The van der Waals surface area contributed by atoms with E-state index in [4.69, 9.17) is 0 Å². The fourth-order valence-electron chi connectivity index (χ4n) is 20.6. The molecule has 125 heavy (non-hydrogen) atoms. The van der Waals surface area contributed by atoms with Crippen molar-refractivity contribution in [1.82, 2.24) is 18.3 Å². The molecular weight excluding hydrogens is 1510 g/mol. The van der Waals surface area contributed by atoms with E-state index in [2.05, 4.69) is 477 Å². The van der Waals surface area contributed by atoms with Gasteiger partial charge in [-0.3, -0.25) is 0 Å². The van der Waals surface area contributed by atoms with Crippen LogP contribution in [0, 0.1) is 0 Å². The summed E-state index contributed by atoms with van der Waals surface area (Å²) < 4.78 is 10.3. The van der Waals surface area contributed by atoms with Crippen LogP contribution in [0.2, 0.25) is 0 Å². The van der Waals surface area contributed by atoms with Gasteiger partial charge in [0.25, 0.3) is 6.71 Å². The second kappa shape index (κ2) is 27.8. The smallest absolute Gasteiger partial charge is 0.252 e. The van der Waals surface area contributed by atoms with Gasteiger partial charge in [0.2, 0.25) is 0 Å². The summed E-state index contributed by atoms with van der Waals surface area (Å²) in [5.74, 6) is 0. The van der Waals surface area contributed by atoms with Crippen molar-refractivity contribution in [2.24, 2.45) is 0 Å². The summed E-state index contributed by atoms with van der Waals surface area (Å²) in [6.07, 6.45) is 0. The number of para-hydroxylation sites is 6. The van der Waals surface area contributed by atoms with Gasteiger partial charge in [-0.15, -0.1) is 0 Å². The summed E-state index contributed by atoms with van der Waals surface area (Å²) in [5, 5.41) is 9.70. The van der Waals surface area contributed by atoms with Gasteiger partial charge >= 0.3 is 0 Å². The van der Waals surface area contributed by atoms with E-state index in [-0.39, 0.29) is 44.6 Å². The molecule has 618 valence electrons. The molecule has 0 saturated carbocycles. The van der Waals surface area contributed by atoms with Crippen LogP contribution >= 0.6 is 0 Å². The molecule has 0 radical (unpaired) electrons. The number of benzene rings is 15. The Bertz CT molecular complexity index is 7180. The number of aromatic nitrogens is 4. The van der Waals surface area contributed by atoms with Gasteiger partial charge in [0.05, 0.1) is 55.5 Å². The van der Waals surface area contributed by atoms with Crippen molar-refractivity contribution in [3.8, 4) is 45.0 Å². The molecule has 0 atom stereocenters. The van der Waals surface area contributed by atoms with Gasteiger partial charge < -0.3 is 28.1 Å². The minimum absolute atomic E-state index is 0.156. The predicted octanol–water partition coefficient (Wildman–Crippen LogP) is 30.6. The van der Waals surface area contributed by atoms with Crippen LogP contribution in [0.4, 0.5) is 34.1 Å². The van der Waals surface area contributed by atoms with Crippen molar-refractivity contribution in [1.29, 1.82) is 0 Å². The molecule has 0 saturated heterocycles. The van der Waals surface area contributed by atoms with Gasteiger partial charge in [-0.1, -0.05) is 340 Å². The Morgan fingerprint density at radius 1 is 0.192 bits per heavy atom. The van der Waals surface area contributed by atoms with E-state index < -0.39 is 0 Å². The maximum atomic E-state index is 2.76. The Balaban J connectivity index is 0.938. The molecule has 15 aromatic carbocycles. The van der Waals surface area contributed by atoms with Crippen molar-refractivity contribution < 1.29 is 0 Å². The zero-order valence-electron chi connectivity index (χ0n) is 76.6. The normalized spacial score (nSPS) is 13.6. The molecule has 0 bridgehead atoms. The SMILES string of the molecule is CC(C)(C)c1cc(-c2cc(C(C)(C)C)ccc2N2c3cc(-n4c5ccccc5c5ccc6c7ccccc7n(-c7ccccc7)c6c54)ccc3B3c4ccc(-n5c6ccccc6c6ccc7c8ccccc8n(-c8ccccc8)c7c65)cc4N(c4ccc(C(C)(C)C)cc4-c4cc(C(C)(C)C)cc(C(C)(C)C)c4)c4cc(C(C)(C)C)cc2c43)cc(C(C)(C)C)c1. The molecule has 7 heteroatoms. The second-order valence-corrected chi connectivity index (χ2v) is 43.1. The molecule has 0 fully saturated rings. The highest BCUT2D eigenvalue weighted by Gasteiger charge is 2.47. The van der Waals surface area contributed by atoms with E-state index in [1.807, 2.05) is 0 Å². The maximum Gasteiger partial charge on any atom is 0.252 e. The van der Waals surface area contributed by atoms with Gasteiger partial charge in [-0.05, 0) is 214 Å². The van der Waals surface area contributed by atoms with E-state index in [0.717, 1.165) is 56.5 Å². The third-order valence-electron chi connectivity index (χ3n) is 27.5. The van der Waals surface area contributed by atoms with Crippen molar-refractivity contribution in [3.05, 3.63) is 342 Å². The zero-order valence-corrected chi connectivity index (χ0v) is 76.6. The first-order valence-electron chi connectivity index (χ1n) is 45.2. The fraction of sp³-hybridized carbons (Fsp3) is 0.237. The molecule has 4 aromatic heterocycles. The lowest BCUT2D eigenvalue weighted by Crippen LogP contribution is -2.61. The number of fused-ring (bicyclic) bond motifs is 18. The first-order valence-corrected chi connectivity index (χ1v) is 45.2. The quantitative estimate of drug-likeness (QED) is 0.142. The molecule has 19 aromatic rings. The molecule has 2 aliphatic rings. The molecule has 0 amide bonds. The predicted molar refractivity (Wildman–Crippen MR) is 540 cm³/mol. The zero-order chi connectivity index (χ0) is 87.0. The monoisotopic (exact) mass is 1620 g/mol. The minimum atomic E-state index is -0.358. The van der Waals surface area contributed by atoms with Crippen LogP contribution in [0.15, 0.2) is 303 Å². The summed E-state index contributed by atoms with van der Waals surface area (Å²) >= 11 is 0. The van der Waals surface area contributed by atoms with Crippen molar-refractivity contribution >= 4 is 144 Å². The number of rotatable bonds is 8. The van der Waals surface area contributed by atoms with Gasteiger partial charge in [0, 0.05) is 99.7 Å². The van der Waals surface area contributed by atoms with Crippen LogP contribution in [-0.4, -0.2) is 25.0 Å². The van der Waals surface area contributed by atoms with Gasteiger partial charge in [-0.25, -0.2) is 0 Å².